The van der Waals surface area contributed by atoms with Gasteiger partial charge in [0.15, 0.2) is 0 Å². The van der Waals surface area contributed by atoms with Gasteiger partial charge in [0.25, 0.3) is 0 Å². The van der Waals surface area contributed by atoms with Crippen LogP contribution < -0.4 is 0 Å². The van der Waals surface area contributed by atoms with E-state index in [2.05, 4.69) is 44.7 Å². The molecule has 1 aromatic carbocycles. The standard InChI is InChI=1S/C17H22/c1-12(2)10-13-6-4-5-7-14(13)11-17(3)15-8-9-16(15)17/h4-7,15-16H,1,8-11H2,2-3H3. The molecule has 2 fully saturated rings. The number of fused-ring (bicyclic) bond motifs is 1. The van der Waals surface area contributed by atoms with Crippen molar-refractivity contribution in [1.29, 1.82) is 0 Å². The summed E-state index contributed by atoms with van der Waals surface area (Å²) >= 11 is 0. The third-order valence-corrected chi connectivity index (χ3v) is 5.04. The van der Waals surface area contributed by atoms with Crippen LogP contribution in [-0.4, -0.2) is 0 Å². The van der Waals surface area contributed by atoms with Gasteiger partial charge in [0.05, 0.1) is 0 Å². The summed E-state index contributed by atoms with van der Waals surface area (Å²) in [6.45, 7) is 8.66. The fourth-order valence-corrected chi connectivity index (χ4v) is 3.82. The maximum Gasteiger partial charge on any atom is -0.00698 e. The molecule has 2 aliphatic carbocycles. The molecule has 0 nitrogen and oxygen atoms in total. The zero-order valence-corrected chi connectivity index (χ0v) is 11.0. The Kier molecular flexibility index (Phi) is 2.43. The zero-order chi connectivity index (χ0) is 12.0. The highest BCUT2D eigenvalue weighted by Gasteiger charge is 2.65. The van der Waals surface area contributed by atoms with E-state index in [1.165, 1.54) is 30.4 Å². The normalized spacial score (nSPS) is 33.8. The van der Waals surface area contributed by atoms with Crippen LogP contribution in [0.1, 0.15) is 37.8 Å². The largest absolute Gasteiger partial charge is 0.0998 e. The third kappa shape index (κ3) is 1.74. The van der Waals surface area contributed by atoms with Crippen molar-refractivity contribution in [2.45, 2.75) is 39.5 Å². The number of hydrogen-bond acceptors (Lipinski definition) is 0. The summed E-state index contributed by atoms with van der Waals surface area (Å²) in [6.07, 6.45) is 5.28. The van der Waals surface area contributed by atoms with E-state index in [9.17, 15) is 0 Å². The van der Waals surface area contributed by atoms with Gasteiger partial charge in [-0.2, -0.15) is 0 Å². The molecule has 2 aliphatic rings. The lowest BCUT2D eigenvalue weighted by Gasteiger charge is -2.14. The summed E-state index contributed by atoms with van der Waals surface area (Å²) < 4.78 is 0. The first-order chi connectivity index (χ1) is 8.11. The Hall–Kier alpha value is -1.04. The van der Waals surface area contributed by atoms with Gasteiger partial charge in [-0.3, -0.25) is 0 Å². The molecule has 0 heteroatoms. The second kappa shape index (κ2) is 3.73. The van der Waals surface area contributed by atoms with Crippen LogP contribution in [0.5, 0.6) is 0 Å². The van der Waals surface area contributed by atoms with Gasteiger partial charge >= 0.3 is 0 Å². The Morgan fingerprint density at radius 1 is 1.24 bits per heavy atom. The molecule has 0 N–H and O–H groups in total. The lowest BCUT2D eigenvalue weighted by Crippen LogP contribution is -2.05. The van der Waals surface area contributed by atoms with Crippen LogP contribution in [0, 0.1) is 17.3 Å². The summed E-state index contributed by atoms with van der Waals surface area (Å²) in [6, 6.07) is 8.94. The van der Waals surface area contributed by atoms with E-state index in [4.69, 9.17) is 0 Å². The van der Waals surface area contributed by atoms with Crippen LogP contribution >= 0.6 is 0 Å². The maximum atomic E-state index is 4.05. The summed E-state index contributed by atoms with van der Waals surface area (Å²) in [7, 11) is 0. The van der Waals surface area contributed by atoms with Crippen LogP contribution in [0.3, 0.4) is 0 Å². The van der Waals surface area contributed by atoms with Crippen molar-refractivity contribution in [1.82, 2.24) is 0 Å². The fraction of sp³-hybridized carbons (Fsp3) is 0.529. The first-order valence-electron chi connectivity index (χ1n) is 6.82. The van der Waals surface area contributed by atoms with Crippen molar-refractivity contribution in [2.75, 3.05) is 0 Å². The molecule has 17 heavy (non-hydrogen) atoms. The van der Waals surface area contributed by atoms with Gasteiger partial charge in [-0.25, -0.2) is 0 Å². The van der Waals surface area contributed by atoms with Gasteiger partial charge in [0, 0.05) is 0 Å². The SMILES string of the molecule is C=C(C)Cc1ccccc1CC1(C)C2CCC21. The summed E-state index contributed by atoms with van der Waals surface area (Å²) in [5.41, 5.74) is 4.95. The highest BCUT2D eigenvalue weighted by atomic mass is 14.7. The average Bonchev–Trinajstić information content (AvgIpc) is 2.59. The minimum Gasteiger partial charge on any atom is -0.0998 e. The molecule has 0 radical (unpaired) electrons. The Bertz CT molecular complexity index is 445. The molecule has 2 atom stereocenters. The lowest BCUT2D eigenvalue weighted by atomic mass is 9.91. The van der Waals surface area contributed by atoms with E-state index in [0.29, 0.717) is 5.41 Å². The monoisotopic (exact) mass is 226 g/mol. The van der Waals surface area contributed by atoms with Crippen LogP contribution in [-0.2, 0) is 12.8 Å². The second-order valence-corrected chi connectivity index (χ2v) is 6.38. The quantitative estimate of drug-likeness (QED) is 0.668. The predicted octanol–water partition coefficient (Wildman–Crippen LogP) is 4.39. The molecular formula is C17H22. The van der Waals surface area contributed by atoms with Gasteiger partial charge in [-0.1, -0.05) is 43.3 Å². The molecule has 1 aromatic rings. The van der Waals surface area contributed by atoms with Gasteiger partial charge in [-0.05, 0) is 61.0 Å². The van der Waals surface area contributed by atoms with Crippen molar-refractivity contribution < 1.29 is 0 Å². The second-order valence-electron chi connectivity index (χ2n) is 6.38. The number of benzene rings is 1. The van der Waals surface area contributed by atoms with E-state index in [0.717, 1.165) is 18.3 Å². The van der Waals surface area contributed by atoms with E-state index in [1.54, 1.807) is 5.56 Å². The predicted molar refractivity (Wildman–Crippen MR) is 73.0 cm³/mol. The Balaban J connectivity index is 1.80. The van der Waals surface area contributed by atoms with Crippen molar-refractivity contribution in [3.63, 3.8) is 0 Å². The molecule has 0 bridgehead atoms. The first-order valence-corrected chi connectivity index (χ1v) is 6.82. The molecule has 0 heterocycles. The zero-order valence-electron chi connectivity index (χ0n) is 11.0. The van der Waals surface area contributed by atoms with Crippen LogP contribution in [0.2, 0.25) is 0 Å². The number of hydrogen-bond donors (Lipinski definition) is 0. The molecule has 0 aromatic heterocycles. The van der Waals surface area contributed by atoms with Crippen molar-refractivity contribution >= 4 is 0 Å². The van der Waals surface area contributed by atoms with Gasteiger partial charge in [-0.15, -0.1) is 0 Å². The van der Waals surface area contributed by atoms with Gasteiger partial charge in [0.1, 0.15) is 0 Å². The Morgan fingerprint density at radius 2 is 1.82 bits per heavy atom. The molecule has 0 spiro atoms. The van der Waals surface area contributed by atoms with Crippen molar-refractivity contribution in [3.8, 4) is 0 Å². The van der Waals surface area contributed by atoms with Crippen molar-refractivity contribution in [2.24, 2.45) is 17.3 Å². The average molecular weight is 226 g/mol. The molecule has 90 valence electrons. The molecule has 2 unspecified atom stereocenters. The fourth-order valence-electron chi connectivity index (χ4n) is 3.82. The van der Waals surface area contributed by atoms with E-state index < -0.39 is 0 Å². The minimum atomic E-state index is 0.630. The maximum absolute atomic E-state index is 4.05. The summed E-state index contributed by atoms with van der Waals surface area (Å²) in [5, 5.41) is 0. The molecular weight excluding hydrogens is 204 g/mol. The lowest BCUT2D eigenvalue weighted by molar-refractivity contribution is 0.468. The highest BCUT2D eigenvalue weighted by molar-refractivity contribution is 5.33. The first kappa shape index (κ1) is 11.1. The summed E-state index contributed by atoms with van der Waals surface area (Å²) in [4.78, 5) is 0. The molecule has 0 aliphatic heterocycles. The van der Waals surface area contributed by atoms with Gasteiger partial charge < -0.3 is 0 Å². The number of allylic oxidation sites excluding steroid dienone is 1. The minimum absolute atomic E-state index is 0.630. The van der Waals surface area contributed by atoms with E-state index in [1.807, 2.05) is 0 Å². The molecule has 3 rings (SSSR count). The molecule has 0 amide bonds. The Morgan fingerprint density at radius 3 is 2.35 bits per heavy atom. The molecule has 2 saturated carbocycles. The van der Waals surface area contributed by atoms with Crippen LogP contribution in [0.15, 0.2) is 36.4 Å². The topological polar surface area (TPSA) is 0 Å². The molecule has 0 saturated heterocycles. The third-order valence-electron chi connectivity index (χ3n) is 5.04. The van der Waals surface area contributed by atoms with Crippen molar-refractivity contribution in [3.05, 3.63) is 47.5 Å². The smallest absolute Gasteiger partial charge is 0.00698 e. The van der Waals surface area contributed by atoms with E-state index in [-0.39, 0.29) is 0 Å². The van der Waals surface area contributed by atoms with Gasteiger partial charge in [0.2, 0.25) is 0 Å². The van der Waals surface area contributed by atoms with Crippen LogP contribution in [0.25, 0.3) is 0 Å². The Labute approximate surface area is 105 Å². The van der Waals surface area contributed by atoms with E-state index >= 15 is 0 Å². The highest BCUT2D eigenvalue weighted by Crippen LogP contribution is 2.71. The number of rotatable bonds is 4. The van der Waals surface area contributed by atoms with Crippen LogP contribution in [0.4, 0.5) is 0 Å². The summed E-state index contributed by atoms with van der Waals surface area (Å²) in [5.74, 6) is 2.08.